The molecule has 0 aliphatic rings. The lowest BCUT2D eigenvalue weighted by Crippen LogP contribution is -2.26. The molecule has 1 aromatic rings. The first-order valence-corrected chi connectivity index (χ1v) is 6.25. The summed E-state index contributed by atoms with van der Waals surface area (Å²) in [5.41, 5.74) is 0. The van der Waals surface area contributed by atoms with E-state index in [1.54, 1.807) is 0 Å². The molecule has 0 spiro atoms. The Morgan fingerprint density at radius 2 is 1.71 bits per heavy atom. The molecule has 1 rings (SSSR count). The topological polar surface area (TPSA) is 20.3 Å². The molecule has 0 aliphatic heterocycles. The van der Waals surface area contributed by atoms with Crippen molar-refractivity contribution in [3.05, 3.63) is 30.3 Å². The molecule has 1 atom stereocenters. The van der Waals surface area contributed by atoms with E-state index in [9.17, 15) is 4.21 Å². The van der Waals surface area contributed by atoms with E-state index in [0.29, 0.717) is 5.88 Å². The van der Waals surface area contributed by atoms with Gasteiger partial charge in [-0.25, -0.2) is 0 Å². The molecule has 0 N–H and O–H groups in total. The molecular weight excluding hydrogens is 194 g/mol. The second-order valence-electron chi connectivity index (χ2n) is 3.09. The molecule has 0 saturated carbocycles. The van der Waals surface area contributed by atoms with Crippen LogP contribution in [0.1, 0.15) is 13.8 Å². The average molecular weight is 211 g/mol. The molecule has 14 heavy (non-hydrogen) atoms. The molecule has 0 aliphatic carbocycles. The van der Waals surface area contributed by atoms with Crippen molar-refractivity contribution < 1.29 is 4.21 Å². The zero-order valence-electron chi connectivity index (χ0n) is 8.77. The summed E-state index contributed by atoms with van der Waals surface area (Å²) in [4.78, 5) is 3.09. The zero-order valence-corrected chi connectivity index (χ0v) is 9.59. The van der Waals surface area contributed by atoms with Crippen LogP contribution in [-0.4, -0.2) is 28.1 Å². The monoisotopic (exact) mass is 211 g/mol. The van der Waals surface area contributed by atoms with Gasteiger partial charge < -0.3 is 0 Å². The molecule has 0 heterocycles. The fourth-order valence-electron chi connectivity index (χ4n) is 1.22. The van der Waals surface area contributed by atoms with E-state index < -0.39 is 10.8 Å². The third-order valence-corrected chi connectivity index (χ3v) is 3.60. The van der Waals surface area contributed by atoms with Gasteiger partial charge in [0.15, 0.2) is 0 Å². The highest BCUT2D eigenvalue weighted by Crippen LogP contribution is 2.06. The molecule has 0 saturated heterocycles. The van der Waals surface area contributed by atoms with Gasteiger partial charge in [0.05, 0.1) is 16.7 Å². The van der Waals surface area contributed by atoms with Crippen LogP contribution in [0.15, 0.2) is 35.2 Å². The number of benzene rings is 1. The van der Waals surface area contributed by atoms with Gasteiger partial charge in [-0.2, -0.15) is 0 Å². The molecule has 2 nitrogen and oxygen atoms in total. The minimum absolute atomic E-state index is 0.636. The highest BCUT2D eigenvalue weighted by Gasteiger charge is 2.06. The fourth-order valence-corrected chi connectivity index (χ4v) is 2.53. The summed E-state index contributed by atoms with van der Waals surface area (Å²) in [6, 6.07) is 9.63. The van der Waals surface area contributed by atoms with Crippen LogP contribution in [0.25, 0.3) is 0 Å². The number of hydrogen-bond acceptors (Lipinski definition) is 2. The fraction of sp³-hybridized carbons (Fsp3) is 0.455. The number of rotatable bonds is 5. The summed E-state index contributed by atoms with van der Waals surface area (Å²) in [6.45, 7) is 6.08. The van der Waals surface area contributed by atoms with E-state index in [1.165, 1.54) is 0 Å². The highest BCUT2D eigenvalue weighted by molar-refractivity contribution is 7.85. The average Bonchev–Trinajstić information content (AvgIpc) is 2.26. The van der Waals surface area contributed by atoms with Crippen molar-refractivity contribution in [2.45, 2.75) is 18.7 Å². The second kappa shape index (κ2) is 5.94. The van der Waals surface area contributed by atoms with Gasteiger partial charge in [-0.3, -0.25) is 9.11 Å². The van der Waals surface area contributed by atoms with Gasteiger partial charge in [-0.1, -0.05) is 32.0 Å². The molecule has 78 valence electrons. The Balaban J connectivity index is 2.59. The summed E-state index contributed by atoms with van der Waals surface area (Å²) < 4.78 is 11.8. The van der Waals surface area contributed by atoms with Crippen molar-refractivity contribution in [2.24, 2.45) is 0 Å². The first-order valence-electron chi connectivity index (χ1n) is 4.93. The van der Waals surface area contributed by atoms with Crippen molar-refractivity contribution in [3.63, 3.8) is 0 Å². The Labute approximate surface area is 88.4 Å². The highest BCUT2D eigenvalue weighted by atomic mass is 32.2. The van der Waals surface area contributed by atoms with E-state index in [1.807, 2.05) is 30.3 Å². The van der Waals surface area contributed by atoms with Crippen molar-refractivity contribution in [3.8, 4) is 0 Å². The maximum atomic E-state index is 11.8. The van der Waals surface area contributed by atoms with Gasteiger partial charge in [0.2, 0.25) is 0 Å². The Bertz CT molecular complexity index is 283. The van der Waals surface area contributed by atoms with Crippen molar-refractivity contribution in [1.82, 2.24) is 4.90 Å². The van der Waals surface area contributed by atoms with Gasteiger partial charge in [-0.05, 0) is 25.2 Å². The SMILES string of the molecule is CCN(CC)CS(=O)c1ccccc1. The maximum Gasteiger partial charge on any atom is 0.0794 e. The van der Waals surface area contributed by atoms with Crippen molar-refractivity contribution >= 4 is 10.8 Å². The minimum Gasteiger partial charge on any atom is -0.292 e. The molecule has 0 fully saturated rings. The first-order chi connectivity index (χ1) is 6.77. The van der Waals surface area contributed by atoms with Crippen LogP contribution in [0, 0.1) is 0 Å². The molecule has 1 aromatic carbocycles. The Morgan fingerprint density at radius 3 is 2.21 bits per heavy atom. The van der Waals surface area contributed by atoms with Gasteiger partial charge in [0.25, 0.3) is 0 Å². The molecular formula is C11H17NOS. The number of nitrogens with zero attached hydrogens (tertiary/aromatic N) is 1. The molecule has 1 unspecified atom stereocenters. The quantitative estimate of drug-likeness (QED) is 0.743. The Hall–Kier alpha value is -0.670. The normalized spacial score (nSPS) is 13.1. The third kappa shape index (κ3) is 3.24. The Kier molecular flexibility index (Phi) is 4.84. The van der Waals surface area contributed by atoms with E-state index >= 15 is 0 Å². The van der Waals surface area contributed by atoms with Gasteiger partial charge in [0, 0.05) is 4.90 Å². The summed E-state index contributed by atoms with van der Waals surface area (Å²) in [5.74, 6) is 0.636. The molecule has 0 radical (unpaired) electrons. The largest absolute Gasteiger partial charge is 0.292 e. The second-order valence-corrected chi connectivity index (χ2v) is 4.51. The van der Waals surface area contributed by atoms with Gasteiger partial charge in [0.1, 0.15) is 0 Å². The lowest BCUT2D eigenvalue weighted by Gasteiger charge is -2.16. The van der Waals surface area contributed by atoms with Crippen LogP contribution in [0.2, 0.25) is 0 Å². The Morgan fingerprint density at radius 1 is 1.14 bits per heavy atom. The maximum absolute atomic E-state index is 11.8. The summed E-state index contributed by atoms with van der Waals surface area (Å²) >= 11 is 0. The van der Waals surface area contributed by atoms with Gasteiger partial charge >= 0.3 is 0 Å². The molecule has 3 heteroatoms. The van der Waals surface area contributed by atoms with Crippen LogP contribution < -0.4 is 0 Å². The van der Waals surface area contributed by atoms with E-state index in [0.717, 1.165) is 18.0 Å². The van der Waals surface area contributed by atoms with E-state index in [2.05, 4.69) is 18.7 Å². The van der Waals surface area contributed by atoms with Crippen molar-refractivity contribution in [1.29, 1.82) is 0 Å². The predicted molar refractivity (Wildman–Crippen MR) is 60.6 cm³/mol. The summed E-state index contributed by atoms with van der Waals surface area (Å²) in [5, 5.41) is 0. The first kappa shape index (κ1) is 11.4. The van der Waals surface area contributed by atoms with Crippen LogP contribution >= 0.6 is 0 Å². The molecule has 0 amide bonds. The zero-order chi connectivity index (χ0) is 10.4. The summed E-state index contributed by atoms with van der Waals surface area (Å²) in [6.07, 6.45) is 0. The number of hydrogen-bond donors (Lipinski definition) is 0. The van der Waals surface area contributed by atoms with Crippen LogP contribution in [0.4, 0.5) is 0 Å². The lowest BCUT2D eigenvalue weighted by molar-refractivity contribution is 0.354. The van der Waals surface area contributed by atoms with Crippen molar-refractivity contribution in [2.75, 3.05) is 19.0 Å². The lowest BCUT2D eigenvalue weighted by atomic mass is 10.4. The minimum atomic E-state index is -0.887. The summed E-state index contributed by atoms with van der Waals surface area (Å²) in [7, 11) is -0.887. The smallest absolute Gasteiger partial charge is 0.0794 e. The van der Waals surface area contributed by atoms with E-state index in [4.69, 9.17) is 0 Å². The third-order valence-electron chi connectivity index (χ3n) is 2.20. The van der Waals surface area contributed by atoms with Crippen LogP contribution in [0.5, 0.6) is 0 Å². The molecule has 0 bridgehead atoms. The van der Waals surface area contributed by atoms with Crippen LogP contribution in [-0.2, 0) is 10.8 Å². The van der Waals surface area contributed by atoms with E-state index in [-0.39, 0.29) is 0 Å². The van der Waals surface area contributed by atoms with Gasteiger partial charge in [-0.15, -0.1) is 0 Å². The standard InChI is InChI=1S/C11H17NOS/c1-3-12(4-2)10-14(13)11-8-6-5-7-9-11/h5-9H,3-4,10H2,1-2H3. The van der Waals surface area contributed by atoms with Crippen LogP contribution in [0.3, 0.4) is 0 Å². The molecule has 0 aromatic heterocycles. The predicted octanol–water partition coefficient (Wildman–Crippen LogP) is 2.09.